The van der Waals surface area contributed by atoms with Crippen LogP contribution in [-0.4, -0.2) is 109 Å². The van der Waals surface area contributed by atoms with Gasteiger partial charge >= 0.3 is 5.97 Å². The van der Waals surface area contributed by atoms with Crippen molar-refractivity contribution in [3.05, 3.63) is 88.0 Å². The molecule has 2 heterocycles. The van der Waals surface area contributed by atoms with Crippen molar-refractivity contribution in [1.29, 1.82) is 0 Å². The molecule has 11 heteroatoms. The largest absolute Gasteiger partial charge is 0.508 e. The lowest BCUT2D eigenvalue weighted by Crippen LogP contribution is -2.54. The predicted molar refractivity (Wildman–Crippen MR) is 240 cm³/mol. The van der Waals surface area contributed by atoms with Crippen LogP contribution in [0.25, 0.3) is 0 Å². The van der Waals surface area contributed by atoms with Gasteiger partial charge in [-0.1, -0.05) is 80.9 Å². The highest BCUT2D eigenvalue weighted by Crippen LogP contribution is 2.34. The molecule has 2 aliphatic heterocycles. The molecule has 1 fully saturated rings. The van der Waals surface area contributed by atoms with E-state index in [0.717, 1.165) is 65.5 Å². The van der Waals surface area contributed by atoms with Gasteiger partial charge in [-0.15, -0.1) is 0 Å². The Balaban J connectivity index is 1.86. The Kier molecular flexibility index (Phi) is 20.9. The summed E-state index contributed by atoms with van der Waals surface area (Å²) < 4.78 is 0. The van der Waals surface area contributed by atoms with E-state index in [-0.39, 0.29) is 68.6 Å². The molecule has 0 spiro atoms. The van der Waals surface area contributed by atoms with Gasteiger partial charge in [0.2, 0.25) is 0 Å². The van der Waals surface area contributed by atoms with Crippen LogP contribution in [0.2, 0.25) is 0 Å². The molecule has 2 aliphatic rings. The fraction of sp³-hybridized carbons (Fsp3) is 0.620. The molecule has 2 aromatic carbocycles. The summed E-state index contributed by atoms with van der Waals surface area (Å²) >= 11 is 0. The van der Waals surface area contributed by atoms with Crippen molar-refractivity contribution < 1.29 is 45.6 Å². The summed E-state index contributed by atoms with van der Waals surface area (Å²) in [6.07, 6.45) is 11.0. The zero-order valence-electron chi connectivity index (χ0n) is 36.7. The number of aliphatic carboxylic acids is 1. The zero-order chi connectivity index (χ0) is 44.4. The van der Waals surface area contributed by atoms with Gasteiger partial charge in [0, 0.05) is 62.2 Å². The third kappa shape index (κ3) is 15.9. The summed E-state index contributed by atoms with van der Waals surface area (Å²) in [6, 6.07) is 11.9. The fourth-order valence-electron chi connectivity index (χ4n) is 9.33. The van der Waals surface area contributed by atoms with Gasteiger partial charge in [0.15, 0.2) is 0 Å². The molecule has 1 saturated heterocycles. The van der Waals surface area contributed by atoms with Gasteiger partial charge in [-0.05, 0) is 130 Å². The highest BCUT2D eigenvalue weighted by Gasteiger charge is 2.37. The molecule has 0 aromatic heterocycles. The molecular weight excluding hydrogens is 773 g/mol. The van der Waals surface area contributed by atoms with Gasteiger partial charge in [0.05, 0.1) is 24.4 Å². The summed E-state index contributed by atoms with van der Waals surface area (Å²) in [5.41, 5.74) is 3.79. The highest BCUT2D eigenvalue weighted by atomic mass is 16.4. The van der Waals surface area contributed by atoms with Crippen LogP contribution < -0.4 is 10.6 Å². The number of phenolic OH excluding ortho intramolecular Hbond substituents is 1. The van der Waals surface area contributed by atoms with Crippen molar-refractivity contribution in [2.24, 2.45) is 11.8 Å². The maximum Gasteiger partial charge on any atom is 0.303 e. The minimum Gasteiger partial charge on any atom is -0.508 e. The Morgan fingerprint density at radius 2 is 1.79 bits per heavy atom. The molecule has 2 aromatic rings. The minimum absolute atomic E-state index is 0.0543. The highest BCUT2D eigenvalue weighted by molar-refractivity contribution is 5.67. The molecule has 0 radical (unpaired) electrons. The first-order valence-electron chi connectivity index (χ1n) is 22.7. The van der Waals surface area contributed by atoms with E-state index in [4.69, 9.17) is 0 Å². The van der Waals surface area contributed by atoms with Crippen molar-refractivity contribution in [3.8, 4) is 17.6 Å². The van der Waals surface area contributed by atoms with E-state index in [1.54, 1.807) is 25.1 Å². The summed E-state index contributed by atoms with van der Waals surface area (Å²) in [7, 11) is 0. The number of aliphatic hydroxyl groups excluding tert-OH is 5. The second-order valence-electron chi connectivity index (χ2n) is 17.8. The van der Waals surface area contributed by atoms with E-state index in [1.807, 2.05) is 30.4 Å². The molecule has 9 unspecified atom stereocenters. The second kappa shape index (κ2) is 25.5. The monoisotopic (exact) mass is 847 g/mol. The van der Waals surface area contributed by atoms with Crippen LogP contribution in [0, 0.1) is 23.7 Å². The van der Waals surface area contributed by atoms with Crippen molar-refractivity contribution in [2.45, 2.75) is 165 Å². The molecule has 9 atom stereocenters. The lowest BCUT2D eigenvalue weighted by Gasteiger charge is -2.38. The molecule has 0 bridgehead atoms. The Bertz CT molecular complexity index is 1780. The summed E-state index contributed by atoms with van der Waals surface area (Å²) in [5.74, 6) is 5.52. The number of nitrogens with one attached hydrogen (secondary N) is 2. The van der Waals surface area contributed by atoms with Gasteiger partial charge in [0.1, 0.15) is 5.75 Å². The maximum absolute atomic E-state index is 12.6. The van der Waals surface area contributed by atoms with E-state index in [1.165, 1.54) is 0 Å². The second-order valence-corrected chi connectivity index (χ2v) is 17.8. The SMILES string of the molecule is CCCCCC(O)C=CC1=C(CC(O)CO)C(CCCC2NC(C)CCC(CO)C2CC(=O)O)NC(C(C)(O)Cc2ccc(O)cc2CCO)CC#Cc2ccccc2CC1. The van der Waals surface area contributed by atoms with Crippen molar-refractivity contribution in [3.63, 3.8) is 0 Å². The Morgan fingerprint density at radius 1 is 1.00 bits per heavy atom. The molecule has 0 amide bonds. The average Bonchev–Trinajstić information content (AvgIpc) is 3.37. The standard InChI is InChI=1S/C50H74N2O9/c1-4-5-6-14-41(56)24-22-37-21-20-36-12-8-7-11-35(36)13-9-17-48(50(3,61)31-39-23-25-42(57)28-38(39)26-27-53)52-47(44(37)29-43(58)33-55)16-10-15-46-45(30-49(59)60)40(32-54)19-18-34(2)51-46/h7-8,11-12,22-25,28,34,40-41,43,45-48,51-58,61H,4-6,10,14-21,26-27,29-33H2,1-3H3,(H,59,60). The van der Waals surface area contributed by atoms with Crippen LogP contribution >= 0.6 is 0 Å². The van der Waals surface area contributed by atoms with Crippen LogP contribution in [0.3, 0.4) is 0 Å². The molecule has 0 saturated carbocycles. The smallest absolute Gasteiger partial charge is 0.303 e. The Morgan fingerprint density at radius 3 is 2.51 bits per heavy atom. The zero-order valence-corrected chi connectivity index (χ0v) is 36.7. The third-order valence-corrected chi connectivity index (χ3v) is 12.8. The van der Waals surface area contributed by atoms with Gasteiger partial charge in [0.25, 0.3) is 0 Å². The summed E-state index contributed by atoms with van der Waals surface area (Å²) in [5, 5.41) is 93.2. The number of allylic oxidation sites excluding steroid dienone is 2. The quantitative estimate of drug-likeness (QED) is 0.0563. The molecule has 11 nitrogen and oxygen atoms in total. The van der Waals surface area contributed by atoms with Crippen LogP contribution in [0.1, 0.15) is 126 Å². The number of aryl methyl sites for hydroxylation is 1. The summed E-state index contributed by atoms with van der Waals surface area (Å²) in [6.45, 7) is 5.32. The first-order valence-corrected chi connectivity index (χ1v) is 22.7. The van der Waals surface area contributed by atoms with Gasteiger partial charge in [-0.3, -0.25) is 4.79 Å². The topological polar surface area (TPSA) is 203 Å². The Labute approximate surface area is 364 Å². The number of rotatable bonds is 21. The number of unbranched alkanes of at least 4 members (excludes halogenated alkanes) is 2. The van der Waals surface area contributed by atoms with Crippen molar-refractivity contribution in [1.82, 2.24) is 10.6 Å². The Hall–Kier alpha value is -3.57. The predicted octanol–water partition coefficient (Wildman–Crippen LogP) is 5.48. The molecule has 4 rings (SSSR count). The lowest BCUT2D eigenvalue weighted by molar-refractivity contribution is -0.139. The number of hydrogen-bond acceptors (Lipinski definition) is 10. The molecule has 61 heavy (non-hydrogen) atoms. The first-order chi connectivity index (χ1) is 29.3. The number of aliphatic hydroxyl groups is 6. The number of carboxylic acid groups (broad SMARTS) is 1. The minimum atomic E-state index is -1.41. The van der Waals surface area contributed by atoms with Gasteiger partial charge in [-0.25, -0.2) is 0 Å². The molecule has 10 N–H and O–H groups in total. The van der Waals surface area contributed by atoms with E-state index in [0.29, 0.717) is 44.9 Å². The van der Waals surface area contributed by atoms with E-state index < -0.39 is 42.5 Å². The number of benzene rings is 2. The van der Waals surface area contributed by atoms with Crippen molar-refractivity contribution in [2.75, 3.05) is 19.8 Å². The van der Waals surface area contributed by atoms with Crippen LogP contribution in [0.15, 0.2) is 65.8 Å². The van der Waals surface area contributed by atoms with E-state index in [9.17, 15) is 45.6 Å². The number of hydrogen-bond donors (Lipinski definition) is 10. The number of carbonyl (C=O) groups is 1. The lowest BCUT2D eigenvalue weighted by atomic mass is 9.79. The average molecular weight is 847 g/mol. The number of phenols is 1. The van der Waals surface area contributed by atoms with Crippen LogP contribution in [-0.2, 0) is 24.1 Å². The molecule has 338 valence electrons. The normalized spacial score (nSPS) is 24.7. The summed E-state index contributed by atoms with van der Waals surface area (Å²) in [4.78, 5) is 12.1. The molecule has 0 aliphatic carbocycles. The van der Waals surface area contributed by atoms with Crippen molar-refractivity contribution >= 4 is 5.97 Å². The van der Waals surface area contributed by atoms with Gasteiger partial charge < -0.3 is 51.5 Å². The number of carboxylic acids is 1. The fourth-order valence-corrected chi connectivity index (χ4v) is 9.33. The number of fused-ring (bicyclic) bond motifs is 1. The first kappa shape index (κ1) is 50.1. The van der Waals surface area contributed by atoms with Crippen LogP contribution in [0.4, 0.5) is 0 Å². The third-order valence-electron chi connectivity index (χ3n) is 12.8. The van der Waals surface area contributed by atoms with Gasteiger partial charge in [-0.2, -0.15) is 0 Å². The molecular formula is C50H74N2O9. The van der Waals surface area contributed by atoms with Crippen LogP contribution in [0.5, 0.6) is 5.75 Å². The van der Waals surface area contributed by atoms with E-state index >= 15 is 0 Å². The maximum atomic E-state index is 12.6. The van der Waals surface area contributed by atoms with E-state index in [2.05, 4.69) is 42.4 Å². The number of aromatic hydroxyl groups is 1.